The van der Waals surface area contributed by atoms with E-state index >= 15 is 0 Å². The lowest BCUT2D eigenvalue weighted by molar-refractivity contribution is -0.122. The van der Waals surface area contributed by atoms with Crippen molar-refractivity contribution in [1.82, 2.24) is 10.6 Å². The first-order valence-corrected chi connectivity index (χ1v) is 9.35. The van der Waals surface area contributed by atoms with Crippen LogP contribution in [0, 0.1) is 11.7 Å². The Kier molecular flexibility index (Phi) is 7.89. The Hall–Kier alpha value is -1.91. The maximum Gasteiger partial charge on any atom is 0.220 e. The van der Waals surface area contributed by atoms with Gasteiger partial charge in [-0.1, -0.05) is 31.4 Å². The standard InChI is InChI=1S/C20H29FN2O2/c1-15(24)22-14-6-2-3-9-19(25)23-20(16-7-4-5-8-16)17-10-12-18(21)13-11-17/h10-13,16,20H,2-9,14H2,1H3,(H,22,24)(H,23,25). The molecule has 5 heteroatoms. The third kappa shape index (κ3) is 6.85. The first kappa shape index (κ1) is 19.4. The zero-order valence-corrected chi connectivity index (χ0v) is 15.0. The number of nitrogens with one attached hydrogen (secondary N) is 2. The Morgan fingerprint density at radius 2 is 1.80 bits per heavy atom. The molecule has 1 saturated carbocycles. The molecule has 0 aromatic heterocycles. The van der Waals surface area contributed by atoms with E-state index in [1.807, 2.05) is 0 Å². The highest BCUT2D eigenvalue weighted by Gasteiger charge is 2.27. The molecule has 1 aliphatic rings. The van der Waals surface area contributed by atoms with E-state index in [1.54, 1.807) is 12.1 Å². The second kappa shape index (κ2) is 10.2. The lowest BCUT2D eigenvalue weighted by Crippen LogP contribution is -2.32. The van der Waals surface area contributed by atoms with Crippen molar-refractivity contribution in [1.29, 1.82) is 0 Å². The quantitative estimate of drug-likeness (QED) is 0.666. The molecule has 1 unspecified atom stereocenters. The van der Waals surface area contributed by atoms with Crippen LogP contribution in [0.15, 0.2) is 24.3 Å². The summed E-state index contributed by atoms with van der Waals surface area (Å²) in [5.41, 5.74) is 0.993. The summed E-state index contributed by atoms with van der Waals surface area (Å²) in [7, 11) is 0. The van der Waals surface area contributed by atoms with Gasteiger partial charge in [0.15, 0.2) is 0 Å². The number of unbranched alkanes of at least 4 members (excludes halogenated alkanes) is 2. The zero-order valence-electron chi connectivity index (χ0n) is 15.0. The van der Waals surface area contributed by atoms with Gasteiger partial charge in [0.1, 0.15) is 5.82 Å². The third-order valence-electron chi connectivity index (χ3n) is 4.87. The van der Waals surface area contributed by atoms with Crippen molar-refractivity contribution in [3.05, 3.63) is 35.6 Å². The van der Waals surface area contributed by atoms with Gasteiger partial charge in [-0.2, -0.15) is 0 Å². The fourth-order valence-electron chi connectivity index (χ4n) is 3.53. The first-order valence-electron chi connectivity index (χ1n) is 9.35. The minimum atomic E-state index is -0.251. The summed E-state index contributed by atoms with van der Waals surface area (Å²) in [5.74, 6) is 0.228. The van der Waals surface area contributed by atoms with Crippen molar-refractivity contribution in [3.63, 3.8) is 0 Å². The molecule has 2 amide bonds. The van der Waals surface area contributed by atoms with E-state index < -0.39 is 0 Å². The molecule has 1 aromatic rings. The summed E-state index contributed by atoms with van der Waals surface area (Å²) in [4.78, 5) is 23.1. The molecule has 25 heavy (non-hydrogen) atoms. The van der Waals surface area contributed by atoms with Crippen LogP contribution < -0.4 is 10.6 Å². The van der Waals surface area contributed by atoms with Gasteiger partial charge in [0.25, 0.3) is 0 Å². The number of carbonyl (C=O) groups excluding carboxylic acids is 2. The van der Waals surface area contributed by atoms with Crippen molar-refractivity contribution in [2.24, 2.45) is 5.92 Å². The van der Waals surface area contributed by atoms with Gasteiger partial charge in [0.05, 0.1) is 6.04 Å². The van der Waals surface area contributed by atoms with Crippen LogP contribution in [0.25, 0.3) is 0 Å². The van der Waals surface area contributed by atoms with Crippen LogP contribution in [0.1, 0.15) is 69.9 Å². The van der Waals surface area contributed by atoms with Gasteiger partial charge in [-0.05, 0) is 49.3 Å². The molecule has 0 radical (unpaired) electrons. The number of hydrogen-bond acceptors (Lipinski definition) is 2. The van der Waals surface area contributed by atoms with Crippen molar-refractivity contribution in [3.8, 4) is 0 Å². The predicted molar refractivity (Wildman–Crippen MR) is 96.4 cm³/mol. The summed E-state index contributed by atoms with van der Waals surface area (Å²) in [5, 5.41) is 5.93. The average Bonchev–Trinajstić information content (AvgIpc) is 3.11. The Labute approximate surface area is 149 Å². The van der Waals surface area contributed by atoms with Crippen LogP contribution in [-0.4, -0.2) is 18.4 Å². The molecule has 0 saturated heterocycles. The van der Waals surface area contributed by atoms with Gasteiger partial charge < -0.3 is 10.6 Å². The first-order chi connectivity index (χ1) is 12.1. The molecule has 1 fully saturated rings. The zero-order chi connectivity index (χ0) is 18.1. The molecule has 4 nitrogen and oxygen atoms in total. The van der Waals surface area contributed by atoms with Gasteiger partial charge in [0, 0.05) is 19.9 Å². The molecule has 0 spiro atoms. The molecule has 0 heterocycles. The van der Waals surface area contributed by atoms with E-state index in [1.165, 1.54) is 31.9 Å². The fraction of sp³-hybridized carbons (Fsp3) is 0.600. The van der Waals surface area contributed by atoms with Crippen molar-refractivity contribution < 1.29 is 14.0 Å². The van der Waals surface area contributed by atoms with Crippen LogP contribution in [0.5, 0.6) is 0 Å². The minimum Gasteiger partial charge on any atom is -0.356 e. The highest BCUT2D eigenvalue weighted by Crippen LogP contribution is 2.35. The minimum absolute atomic E-state index is 0.0172. The number of benzene rings is 1. The Bertz CT molecular complexity index is 553. The largest absolute Gasteiger partial charge is 0.356 e. The highest BCUT2D eigenvalue weighted by molar-refractivity contribution is 5.76. The monoisotopic (exact) mass is 348 g/mol. The normalized spacial score (nSPS) is 15.8. The van der Waals surface area contributed by atoms with Gasteiger partial charge >= 0.3 is 0 Å². The topological polar surface area (TPSA) is 58.2 Å². The van der Waals surface area contributed by atoms with E-state index in [2.05, 4.69) is 10.6 Å². The van der Waals surface area contributed by atoms with Crippen molar-refractivity contribution in [2.75, 3.05) is 6.54 Å². The van der Waals surface area contributed by atoms with Gasteiger partial charge in [0.2, 0.25) is 11.8 Å². The third-order valence-corrected chi connectivity index (χ3v) is 4.87. The molecular formula is C20H29FN2O2. The fourth-order valence-corrected chi connectivity index (χ4v) is 3.53. The summed E-state index contributed by atoms with van der Waals surface area (Å²) in [6.45, 7) is 2.17. The number of hydrogen-bond donors (Lipinski definition) is 2. The summed E-state index contributed by atoms with van der Waals surface area (Å²) >= 11 is 0. The predicted octanol–water partition coefficient (Wildman–Crippen LogP) is 3.87. The lowest BCUT2D eigenvalue weighted by atomic mass is 9.91. The molecule has 2 N–H and O–H groups in total. The van der Waals surface area contributed by atoms with Gasteiger partial charge in [-0.3, -0.25) is 9.59 Å². The molecule has 138 valence electrons. The van der Waals surface area contributed by atoms with Gasteiger partial charge in [-0.15, -0.1) is 0 Å². The van der Waals surface area contributed by atoms with Crippen LogP contribution >= 0.6 is 0 Å². The Balaban J connectivity index is 1.81. The van der Waals surface area contributed by atoms with Gasteiger partial charge in [-0.25, -0.2) is 4.39 Å². The van der Waals surface area contributed by atoms with Crippen LogP contribution in [-0.2, 0) is 9.59 Å². The van der Waals surface area contributed by atoms with E-state index in [0.717, 1.165) is 37.7 Å². The smallest absolute Gasteiger partial charge is 0.220 e. The van der Waals surface area contributed by atoms with Crippen LogP contribution in [0.4, 0.5) is 4.39 Å². The SMILES string of the molecule is CC(=O)NCCCCCC(=O)NC(c1ccc(F)cc1)C1CCCC1. The number of amides is 2. The second-order valence-corrected chi connectivity index (χ2v) is 6.93. The Morgan fingerprint density at radius 1 is 1.12 bits per heavy atom. The molecule has 0 aliphatic heterocycles. The van der Waals surface area contributed by atoms with Crippen molar-refractivity contribution >= 4 is 11.8 Å². The van der Waals surface area contributed by atoms with E-state index in [0.29, 0.717) is 18.9 Å². The molecule has 1 aliphatic carbocycles. The number of rotatable bonds is 9. The van der Waals surface area contributed by atoms with E-state index in [4.69, 9.17) is 0 Å². The molecular weight excluding hydrogens is 319 g/mol. The molecule has 1 atom stereocenters. The molecule has 1 aromatic carbocycles. The summed E-state index contributed by atoms with van der Waals surface area (Å²) in [6.07, 6.45) is 7.72. The second-order valence-electron chi connectivity index (χ2n) is 6.93. The summed E-state index contributed by atoms with van der Waals surface area (Å²) in [6, 6.07) is 6.48. The maximum atomic E-state index is 13.2. The van der Waals surface area contributed by atoms with Crippen LogP contribution in [0.2, 0.25) is 0 Å². The molecule has 0 bridgehead atoms. The summed E-state index contributed by atoms with van der Waals surface area (Å²) < 4.78 is 13.2. The molecule has 2 rings (SSSR count). The van der Waals surface area contributed by atoms with E-state index in [9.17, 15) is 14.0 Å². The van der Waals surface area contributed by atoms with Crippen LogP contribution in [0.3, 0.4) is 0 Å². The number of carbonyl (C=O) groups is 2. The highest BCUT2D eigenvalue weighted by atomic mass is 19.1. The maximum absolute atomic E-state index is 13.2. The average molecular weight is 348 g/mol. The Morgan fingerprint density at radius 3 is 2.44 bits per heavy atom. The number of halogens is 1. The van der Waals surface area contributed by atoms with Crippen molar-refractivity contribution in [2.45, 2.75) is 64.3 Å². The van der Waals surface area contributed by atoms with E-state index in [-0.39, 0.29) is 23.7 Å². The lowest BCUT2D eigenvalue weighted by Gasteiger charge is -2.25.